The molecule has 118 valence electrons. The first-order valence-corrected chi connectivity index (χ1v) is 8.50. The second kappa shape index (κ2) is 5.20. The molecule has 2 aliphatic rings. The van der Waals surface area contributed by atoms with Crippen molar-refractivity contribution >= 4 is 22.5 Å². The molecular weight excluding hydrogens is 303 g/mol. The minimum Gasteiger partial charge on any atom is -0.388 e. The van der Waals surface area contributed by atoms with E-state index in [-0.39, 0.29) is 10.4 Å². The van der Waals surface area contributed by atoms with Crippen LogP contribution in [-0.4, -0.2) is 15.3 Å². The molecule has 2 fully saturated rings. The zero-order valence-electron chi connectivity index (χ0n) is 12.4. The molecule has 5 heteroatoms. The molecule has 0 amide bonds. The fraction of sp³-hybridized carbons (Fsp3) is 0.588. The summed E-state index contributed by atoms with van der Waals surface area (Å²) in [7, 11) is 0. The molecule has 0 radical (unpaired) electrons. The summed E-state index contributed by atoms with van der Waals surface area (Å²) in [5.41, 5.74) is 0.726. The van der Waals surface area contributed by atoms with Crippen molar-refractivity contribution < 1.29 is 9.50 Å². The fourth-order valence-electron chi connectivity index (χ4n) is 4.33. The van der Waals surface area contributed by atoms with Crippen LogP contribution in [0, 0.1) is 17.2 Å². The number of H-pyrrole nitrogens is 1. The van der Waals surface area contributed by atoms with Gasteiger partial charge in [-0.15, -0.1) is 0 Å². The van der Waals surface area contributed by atoms with Gasteiger partial charge < -0.3 is 5.11 Å². The van der Waals surface area contributed by atoms with Crippen LogP contribution in [-0.2, 0) is 0 Å². The van der Waals surface area contributed by atoms with Crippen LogP contribution in [0.15, 0.2) is 12.3 Å². The standard InChI is InChI=1S/C17H20ClFN2O/c18-12-8-10-9-20-21-15(10)13(14(12)19)16(22)17(6-7-17)11-4-2-1-3-5-11/h8-9,11,16,22H,1-7H2,(H,20,21). The minimum atomic E-state index is -0.808. The summed E-state index contributed by atoms with van der Waals surface area (Å²) in [5.74, 6) is -0.0133. The van der Waals surface area contributed by atoms with E-state index in [4.69, 9.17) is 11.6 Å². The summed E-state index contributed by atoms with van der Waals surface area (Å²) in [4.78, 5) is 0. The molecule has 4 rings (SSSR count). The molecule has 2 N–H and O–H groups in total. The lowest BCUT2D eigenvalue weighted by Crippen LogP contribution is -2.26. The Bertz CT molecular complexity index is 704. The number of nitrogens with zero attached hydrogens (tertiary/aromatic N) is 1. The molecule has 2 aliphatic carbocycles. The molecule has 1 unspecified atom stereocenters. The normalized spacial score (nSPS) is 22.9. The van der Waals surface area contributed by atoms with Gasteiger partial charge in [0.2, 0.25) is 0 Å². The number of rotatable bonds is 3. The zero-order chi connectivity index (χ0) is 15.3. The smallest absolute Gasteiger partial charge is 0.149 e. The molecule has 3 nitrogen and oxygen atoms in total. The van der Waals surface area contributed by atoms with E-state index in [9.17, 15) is 9.50 Å². The minimum absolute atomic E-state index is 0.0578. The Morgan fingerprint density at radius 3 is 2.73 bits per heavy atom. The van der Waals surface area contributed by atoms with Gasteiger partial charge in [0.15, 0.2) is 0 Å². The predicted molar refractivity (Wildman–Crippen MR) is 84.3 cm³/mol. The number of nitrogens with one attached hydrogen (secondary N) is 1. The van der Waals surface area contributed by atoms with Gasteiger partial charge in [-0.05, 0) is 37.7 Å². The highest BCUT2D eigenvalue weighted by atomic mass is 35.5. The Morgan fingerprint density at radius 2 is 2.05 bits per heavy atom. The highest BCUT2D eigenvalue weighted by Gasteiger charge is 2.55. The summed E-state index contributed by atoms with van der Waals surface area (Å²) in [5, 5.41) is 18.7. The molecule has 0 saturated heterocycles. The van der Waals surface area contributed by atoms with Crippen LogP contribution >= 0.6 is 11.6 Å². The van der Waals surface area contributed by atoms with Gasteiger partial charge in [0.05, 0.1) is 22.8 Å². The number of benzene rings is 1. The molecule has 0 aliphatic heterocycles. The Balaban J connectivity index is 1.78. The van der Waals surface area contributed by atoms with E-state index in [1.165, 1.54) is 19.3 Å². The van der Waals surface area contributed by atoms with Gasteiger partial charge in [0, 0.05) is 16.4 Å². The Kier molecular flexibility index (Phi) is 3.42. The van der Waals surface area contributed by atoms with Crippen molar-refractivity contribution in [3.8, 4) is 0 Å². The van der Waals surface area contributed by atoms with Crippen LogP contribution in [0.4, 0.5) is 4.39 Å². The number of aliphatic hydroxyl groups excluding tert-OH is 1. The Morgan fingerprint density at radius 1 is 1.32 bits per heavy atom. The third-order valence-corrected chi connectivity index (χ3v) is 6.00. The van der Waals surface area contributed by atoms with E-state index in [0.29, 0.717) is 17.0 Å². The van der Waals surface area contributed by atoms with Crippen molar-refractivity contribution in [3.05, 3.63) is 28.7 Å². The van der Waals surface area contributed by atoms with E-state index >= 15 is 0 Å². The van der Waals surface area contributed by atoms with Crippen LogP contribution in [0.25, 0.3) is 10.9 Å². The molecule has 1 atom stereocenters. The number of hydrogen-bond acceptors (Lipinski definition) is 2. The van der Waals surface area contributed by atoms with Gasteiger partial charge in [-0.2, -0.15) is 5.10 Å². The van der Waals surface area contributed by atoms with E-state index in [1.807, 2.05) is 0 Å². The van der Waals surface area contributed by atoms with Crippen LogP contribution in [0.5, 0.6) is 0 Å². The molecule has 1 aromatic carbocycles. The summed E-state index contributed by atoms with van der Waals surface area (Å²) in [6.07, 6.45) is 8.76. The molecule has 1 heterocycles. The quantitative estimate of drug-likeness (QED) is 0.856. The van der Waals surface area contributed by atoms with E-state index in [0.717, 1.165) is 31.1 Å². The molecule has 2 saturated carbocycles. The van der Waals surface area contributed by atoms with Crippen LogP contribution in [0.1, 0.15) is 56.6 Å². The lowest BCUT2D eigenvalue weighted by Gasteiger charge is -2.34. The molecule has 0 spiro atoms. The topological polar surface area (TPSA) is 48.9 Å². The third-order valence-electron chi connectivity index (χ3n) is 5.73. The zero-order valence-corrected chi connectivity index (χ0v) is 13.2. The van der Waals surface area contributed by atoms with Crippen LogP contribution < -0.4 is 0 Å². The summed E-state index contributed by atoms with van der Waals surface area (Å²) in [6.45, 7) is 0. The maximum Gasteiger partial charge on any atom is 0.149 e. The number of hydrogen-bond donors (Lipinski definition) is 2. The fourth-order valence-corrected chi connectivity index (χ4v) is 4.55. The second-order valence-corrected chi connectivity index (χ2v) is 7.30. The predicted octanol–water partition coefficient (Wildman–Crippen LogP) is 4.75. The largest absolute Gasteiger partial charge is 0.388 e. The van der Waals surface area contributed by atoms with Crippen molar-refractivity contribution in [1.82, 2.24) is 10.2 Å². The maximum atomic E-state index is 14.6. The number of halogens is 2. The summed E-state index contributed by atoms with van der Waals surface area (Å²) >= 11 is 6.02. The average molecular weight is 323 g/mol. The van der Waals surface area contributed by atoms with Crippen molar-refractivity contribution in [1.29, 1.82) is 0 Å². The van der Waals surface area contributed by atoms with Gasteiger partial charge >= 0.3 is 0 Å². The monoisotopic (exact) mass is 322 g/mol. The van der Waals surface area contributed by atoms with Crippen LogP contribution in [0.3, 0.4) is 0 Å². The van der Waals surface area contributed by atoms with E-state index in [1.54, 1.807) is 12.3 Å². The van der Waals surface area contributed by atoms with Crippen molar-refractivity contribution in [2.24, 2.45) is 11.3 Å². The van der Waals surface area contributed by atoms with E-state index < -0.39 is 11.9 Å². The van der Waals surface area contributed by atoms with Gasteiger partial charge in [-0.1, -0.05) is 30.9 Å². The Labute approximate surface area is 133 Å². The second-order valence-electron chi connectivity index (χ2n) is 6.89. The van der Waals surface area contributed by atoms with Gasteiger partial charge in [-0.25, -0.2) is 4.39 Å². The summed E-state index contributed by atoms with van der Waals surface area (Å²) in [6, 6.07) is 1.56. The average Bonchev–Trinajstić information content (AvgIpc) is 3.23. The van der Waals surface area contributed by atoms with Gasteiger partial charge in [-0.3, -0.25) is 5.10 Å². The Hall–Kier alpha value is -1.13. The molecule has 1 aromatic heterocycles. The number of aromatic amines is 1. The lowest BCUT2D eigenvalue weighted by molar-refractivity contribution is 0.0373. The van der Waals surface area contributed by atoms with Gasteiger partial charge in [0.25, 0.3) is 0 Å². The van der Waals surface area contributed by atoms with Crippen molar-refractivity contribution in [3.63, 3.8) is 0 Å². The lowest BCUT2D eigenvalue weighted by atomic mass is 9.73. The third kappa shape index (κ3) is 2.08. The molecule has 0 bridgehead atoms. The molecular formula is C17H20ClFN2O. The maximum absolute atomic E-state index is 14.6. The first-order valence-electron chi connectivity index (χ1n) is 8.12. The summed E-state index contributed by atoms with van der Waals surface area (Å²) < 4.78 is 14.6. The number of fused-ring (bicyclic) bond motifs is 1. The molecule has 22 heavy (non-hydrogen) atoms. The SMILES string of the molecule is OC(c1c(F)c(Cl)cc2cn[nH]c12)C1(C2CCCCC2)CC1. The highest BCUT2D eigenvalue weighted by Crippen LogP contribution is 2.64. The number of aromatic nitrogens is 2. The van der Waals surface area contributed by atoms with Crippen molar-refractivity contribution in [2.75, 3.05) is 0 Å². The van der Waals surface area contributed by atoms with Crippen molar-refractivity contribution in [2.45, 2.75) is 51.0 Å². The molecule has 2 aromatic rings. The van der Waals surface area contributed by atoms with Crippen LogP contribution in [0.2, 0.25) is 5.02 Å². The number of aliphatic hydroxyl groups is 1. The van der Waals surface area contributed by atoms with E-state index in [2.05, 4.69) is 10.2 Å². The highest BCUT2D eigenvalue weighted by molar-refractivity contribution is 6.31. The van der Waals surface area contributed by atoms with Gasteiger partial charge in [0.1, 0.15) is 5.82 Å². The first kappa shape index (κ1) is 14.5. The first-order chi connectivity index (χ1) is 10.6.